The lowest BCUT2D eigenvalue weighted by molar-refractivity contribution is 0.555. The normalized spacial score (nSPS) is 21.6. The highest BCUT2D eigenvalue weighted by molar-refractivity contribution is 7.80. The van der Waals surface area contributed by atoms with Gasteiger partial charge >= 0.3 is 0 Å². The van der Waals surface area contributed by atoms with E-state index in [0.717, 1.165) is 12.1 Å². The van der Waals surface area contributed by atoms with Crippen LogP contribution in [0.5, 0.6) is 0 Å². The van der Waals surface area contributed by atoms with E-state index >= 15 is 0 Å². The van der Waals surface area contributed by atoms with Gasteiger partial charge in [-0.05, 0) is 49.5 Å². The summed E-state index contributed by atoms with van der Waals surface area (Å²) < 4.78 is 0. The van der Waals surface area contributed by atoms with Gasteiger partial charge in [0, 0.05) is 11.4 Å². The fraction of sp³-hybridized carbons (Fsp3) is 0.429. The molecular formula is C14H19N3S. The molecule has 0 spiro atoms. The lowest BCUT2D eigenvalue weighted by Gasteiger charge is -2.20. The van der Waals surface area contributed by atoms with E-state index in [1.807, 2.05) is 30.3 Å². The van der Waals surface area contributed by atoms with Crippen LogP contribution in [-0.4, -0.2) is 10.8 Å². The summed E-state index contributed by atoms with van der Waals surface area (Å²) >= 11 is 5.21. The molecule has 0 aliphatic heterocycles. The van der Waals surface area contributed by atoms with E-state index < -0.39 is 0 Å². The van der Waals surface area contributed by atoms with Crippen molar-refractivity contribution in [3.8, 4) is 0 Å². The second kappa shape index (κ2) is 6.50. The Balaban J connectivity index is 1.86. The third-order valence-electron chi connectivity index (χ3n) is 3.22. The molecule has 0 aromatic heterocycles. The fourth-order valence-electron chi connectivity index (χ4n) is 2.14. The van der Waals surface area contributed by atoms with Crippen molar-refractivity contribution < 1.29 is 0 Å². The molecule has 0 heterocycles. The van der Waals surface area contributed by atoms with Gasteiger partial charge in [-0.15, -0.1) is 0 Å². The first-order valence-corrected chi connectivity index (χ1v) is 6.85. The van der Waals surface area contributed by atoms with E-state index in [1.54, 1.807) is 0 Å². The molecule has 4 heteroatoms. The summed E-state index contributed by atoms with van der Waals surface area (Å²) in [6.45, 7) is 2.23. The number of benzene rings is 1. The summed E-state index contributed by atoms with van der Waals surface area (Å²) in [7, 11) is 0. The Morgan fingerprint density at radius 2 is 2.06 bits per heavy atom. The lowest BCUT2D eigenvalue weighted by atomic mass is 9.89. The molecule has 1 aromatic rings. The van der Waals surface area contributed by atoms with Gasteiger partial charge in [0.05, 0.1) is 0 Å². The first-order chi connectivity index (χ1) is 8.75. The number of nitrogens with zero attached hydrogens (tertiary/aromatic N) is 1. The molecule has 1 atom stereocenters. The van der Waals surface area contributed by atoms with Gasteiger partial charge in [-0.3, -0.25) is 5.43 Å². The van der Waals surface area contributed by atoms with Crippen LogP contribution in [-0.2, 0) is 0 Å². The molecule has 1 fully saturated rings. The van der Waals surface area contributed by atoms with Gasteiger partial charge in [-0.2, -0.15) is 5.10 Å². The third-order valence-corrected chi connectivity index (χ3v) is 3.41. The zero-order valence-electron chi connectivity index (χ0n) is 10.6. The Bertz CT molecular complexity index is 428. The molecule has 1 saturated carbocycles. The van der Waals surface area contributed by atoms with Crippen LogP contribution in [0.1, 0.15) is 32.6 Å². The van der Waals surface area contributed by atoms with Crippen molar-refractivity contribution in [2.24, 2.45) is 11.0 Å². The van der Waals surface area contributed by atoms with Gasteiger partial charge < -0.3 is 5.32 Å². The Hall–Kier alpha value is -1.42. The minimum Gasteiger partial charge on any atom is -0.331 e. The highest BCUT2D eigenvalue weighted by Gasteiger charge is 2.15. The Morgan fingerprint density at radius 3 is 2.78 bits per heavy atom. The monoisotopic (exact) mass is 261 g/mol. The van der Waals surface area contributed by atoms with E-state index in [9.17, 15) is 0 Å². The molecule has 2 rings (SSSR count). The standard InChI is InChI=1S/C14H19N3S/c1-11-7-5-6-10-13(11)16-17-14(18)15-12-8-3-2-4-9-12/h2-4,8-9,11H,5-7,10H2,1H3,(H2,15,17,18)/b16-13-/t11-/m1/s1. The van der Waals surface area contributed by atoms with Crippen molar-refractivity contribution in [2.75, 3.05) is 5.32 Å². The smallest absolute Gasteiger partial charge is 0.191 e. The molecule has 18 heavy (non-hydrogen) atoms. The number of rotatable bonds is 2. The van der Waals surface area contributed by atoms with Crippen molar-refractivity contribution in [3.63, 3.8) is 0 Å². The zero-order valence-corrected chi connectivity index (χ0v) is 11.5. The minimum atomic E-state index is 0.548. The van der Waals surface area contributed by atoms with E-state index in [4.69, 9.17) is 12.2 Å². The van der Waals surface area contributed by atoms with Crippen LogP contribution in [0.4, 0.5) is 5.69 Å². The van der Waals surface area contributed by atoms with Crippen molar-refractivity contribution in [1.82, 2.24) is 5.43 Å². The van der Waals surface area contributed by atoms with Crippen molar-refractivity contribution in [1.29, 1.82) is 0 Å². The SMILES string of the molecule is C[C@@H]1CCCC/C1=N/NC(=S)Nc1ccccc1. The van der Waals surface area contributed by atoms with E-state index in [2.05, 4.69) is 22.8 Å². The van der Waals surface area contributed by atoms with Gasteiger partial charge in [0.2, 0.25) is 0 Å². The molecule has 1 aromatic carbocycles. The third kappa shape index (κ3) is 3.81. The predicted octanol–water partition coefficient (Wildman–Crippen LogP) is 3.54. The molecule has 0 bridgehead atoms. The van der Waals surface area contributed by atoms with Crippen LogP contribution in [0.15, 0.2) is 35.4 Å². The Kier molecular flexibility index (Phi) is 4.70. The summed E-state index contributed by atoms with van der Waals surface area (Å²) in [5.41, 5.74) is 5.15. The summed E-state index contributed by atoms with van der Waals surface area (Å²) in [4.78, 5) is 0. The quantitative estimate of drug-likeness (QED) is 0.631. The van der Waals surface area contributed by atoms with Crippen LogP contribution in [0.3, 0.4) is 0 Å². The minimum absolute atomic E-state index is 0.548. The van der Waals surface area contributed by atoms with Crippen LogP contribution in [0, 0.1) is 5.92 Å². The summed E-state index contributed by atoms with van der Waals surface area (Å²) in [5.74, 6) is 0.575. The van der Waals surface area contributed by atoms with Crippen molar-refractivity contribution in [3.05, 3.63) is 30.3 Å². The van der Waals surface area contributed by atoms with Crippen molar-refractivity contribution in [2.45, 2.75) is 32.6 Å². The largest absolute Gasteiger partial charge is 0.331 e. The lowest BCUT2D eigenvalue weighted by Crippen LogP contribution is -2.27. The van der Waals surface area contributed by atoms with Crippen LogP contribution >= 0.6 is 12.2 Å². The highest BCUT2D eigenvalue weighted by Crippen LogP contribution is 2.20. The average molecular weight is 261 g/mol. The second-order valence-electron chi connectivity index (χ2n) is 4.68. The first kappa shape index (κ1) is 13.0. The summed E-state index contributed by atoms with van der Waals surface area (Å²) in [5, 5.41) is 8.08. The van der Waals surface area contributed by atoms with E-state index in [-0.39, 0.29) is 0 Å². The highest BCUT2D eigenvalue weighted by atomic mass is 32.1. The molecule has 96 valence electrons. The van der Waals surface area contributed by atoms with Gasteiger partial charge in [0.1, 0.15) is 0 Å². The summed E-state index contributed by atoms with van der Waals surface area (Å²) in [6.07, 6.45) is 4.87. The topological polar surface area (TPSA) is 36.4 Å². The molecule has 1 aliphatic rings. The van der Waals surface area contributed by atoms with Crippen LogP contribution in [0.2, 0.25) is 0 Å². The molecular weight excluding hydrogens is 242 g/mol. The number of anilines is 1. The van der Waals surface area contributed by atoms with Crippen molar-refractivity contribution >= 4 is 28.7 Å². The molecule has 3 nitrogen and oxygen atoms in total. The van der Waals surface area contributed by atoms with Crippen LogP contribution in [0.25, 0.3) is 0 Å². The molecule has 2 N–H and O–H groups in total. The van der Waals surface area contributed by atoms with Gasteiger partial charge in [-0.1, -0.05) is 31.5 Å². The second-order valence-corrected chi connectivity index (χ2v) is 5.09. The van der Waals surface area contributed by atoms with Gasteiger partial charge in [-0.25, -0.2) is 0 Å². The number of hydrogen-bond acceptors (Lipinski definition) is 2. The predicted molar refractivity (Wildman–Crippen MR) is 80.9 cm³/mol. The zero-order chi connectivity index (χ0) is 12.8. The number of para-hydroxylation sites is 1. The van der Waals surface area contributed by atoms with Gasteiger partial charge in [0.15, 0.2) is 5.11 Å². The number of thiocarbonyl (C=S) groups is 1. The molecule has 0 saturated heterocycles. The Morgan fingerprint density at radius 1 is 1.28 bits per heavy atom. The summed E-state index contributed by atoms with van der Waals surface area (Å²) in [6, 6.07) is 9.88. The number of hydrazone groups is 1. The maximum absolute atomic E-state index is 5.21. The Labute approximate surface area is 114 Å². The van der Waals surface area contributed by atoms with E-state index in [0.29, 0.717) is 11.0 Å². The molecule has 0 unspecified atom stereocenters. The first-order valence-electron chi connectivity index (χ1n) is 6.44. The maximum atomic E-state index is 5.21. The maximum Gasteiger partial charge on any atom is 0.191 e. The fourth-order valence-corrected chi connectivity index (χ4v) is 2.30. The molecule has 0 amide bonds. The van der Waals surface area contributed by atoms with Crippen LogP contribution < -0.4 is 10.7 Å². The molecule has 1 aliphatic carbocycles. The number of hydrogen-bond donors (Lipinski definition) is 2. The van der Waals surface area contributed by atoms with Gasteiger partial charge in [0.25, 0.3) is 0 Å². The molecule has 0 radical (unpaired) electrons. The van der Waals surface area contributed by atoms with E-state index in [1.165, 1.54) is 25.0 Å². The number of nitrogens with one attached hydrogen (secondary N) is 2. The average Bonchev–Trinajstić information content (AvgIpc) is 2.39.